The van der Waals surface area contributed by atoms with Gasteiger partial charge in [-0.1, -0.05) is 29.8 Å². The van der Waals surface area contributed by atoms with E-state index in [0.717, 1.165) is 26.2 Å². The van der Waals surface area contributed by atoms with Gasteiger partial charge in [-0.25, -0.2) is 0 Å². The maximum atomic E-state index is 3.24. The van der Waals surface area contributed by atoms with Crippen LogP contribution in [0.3, 0.4) is 0 Å². The van der Waals surface area contributed by atoms with Gasteiger partial charge in [0.2, 0.25) is 0 Å². The van der Waals surface area contributed by atoms with Crippen LogP contribution in [0.2, 0.25) is 0 Å². The van der Waals surface area contributed by atoms with E-state index in [9.17, 15) is 0 Å². The van der Waals surface area contributed by atoms with Crippen molar-refractivity contribution in [3.63, 3.8) is 0 Å². The van der Waals surface area contributed by atoms with Gasteiger partial charge in [0.25, 0.3) is 0 Å². The second-order valence-corrected chi connectivity index (χ2v) is 3.88. The second kappa shape index (κ2) is 4.58. The normalized spacial score (nSPS) is 18.4. The Morgan fingerprint density at radius 2 is 2.07 bits per heavy atom. The summed E-state index contributed by atoms with van der Waals surface area (Å²) in [5, 5.41) is 3.24. The first-order chi connectivity index (χ1) is 6.84. The summed E-state index contributed by atoms with van der Waals surface area (Å²) >= 11 is 0. The summed E-state index contributed by atoms with van der Waals surface area (Å²) in [6.07, 6.45) is 0. The van der Waals surface area contributed by atoms with Gasteiger partial charge in [0.05, 0.1) is 0 Å². The average molecular weight is 189 g/mol. The van der Waals surface area contributed by atoms with Crippen LogP contribution in [-0.4, -0.2) is 24.5 Å². The molecule has 1 aromatic rings. The molecule has 14 heavy (non-hydrogen) atoms. The highest BCUT2D eigenvalue weighted by atomic mass is 15.2. The number of piperazine rings is 1. The molecule has 0 spiro atoms. The highest BCUT2D eigenvalue weighted by Crippen LogP contribution is 2.07. The van der Waals surface area contributed by atoms with E-state index < -0.39 is 0 Å². The lowest BCUT2D eigenvalue weighted by Gasteiger charge is -2.26. The predicted molar refractivity (Wildman–Crippen MR) is 58.8 cm³/mol. The Morgan fingerprint density at radius 3 is 2.71 bits per heavy atom. The first kappa shape index (κ1) is 9.69. The van der Waals surface area contributed by atoms with Crippen molar-refractivity contribution < 1.29 is 0 Å². The molecule has 2 rings (SSSR count). The van der Waals surface area contributed by atoms with Crippen molar-refractivity contribution >= 4 is 0 Å². The Balaban J connectivity index is 1.92. The van der Waals surface area contributed by atoms with Crippen LogP contribution in [0.4, 0.5) is 0 Å². The van der Waals surface area contributed by atoms with E-state index in [0.29, 0.717) is 0 Å². The fraction of sp³-hybridized carbons (Fsp3) is 0.417. The van der Waals surface area contributed by atoms with E-state index >= 15 is 0 Å². The van der Waals surface area contributed by atoms with Crippen LogP contribution in [0.1, 0.15) is 11.1 Å². The third kappa shape index (κ3) is 2.56. The minimum Gasteiger partial charge on any atom is -0.310 e. The van der Waals surface area contributed by atoms with Gasteiger partial charge in [0.15, 0.2) is 0 Å². The smallest absolute Gasteiger partial charge is 0.0362 e. The van der Waals surface area contributed by atoms with E-state index in [-0.39, 0.29) is 0 Å². The molecule has 2 nitrogen and oxygen atoms in total. The maximum absolute atomic E-state index is 3.24. The van der Waals surface area contributed by atoms with Crippen molar-refractivity contribution in [3.05, 3.63) is 41.9 Å². The topological polar surface area (TPSA) is 15.3 Å². The summed E-state index contributed by atoms with van der Waals surface area (Å²) in [7, 11) is 0. The van der Waals surface area contributed by atoms with E-state index in [1.54, 1.807) is 0 Å². The summed E-state index contributed by atoms with van der Waals surface area (Å²) in [6.45, 7) is 8.60. The fourth-order valence-electron chi connectivity index (χ4n) is 1.70. The third-order valence-electron chi connectivity index (χ3n) is 2.59. The van der Waals surface area contributed by atoms with Gasteiger partial charge in [0.1, 0.15) is 0 Å². The fourth-order valence-corrected chi connectivity index (χ4v) is 1.70. The largest absolute Gasteiger partial charge is 0.310 e. The average Bonchev–Trinajstić information content (AvgIpc) is 2.23. The van der Waals surface area contributed by atoms with E-state index in [2.05, 4.69) is 48.0 Å². The predicted octanol–water partition coefficient (Wildman–Crippen LogP) is 1.56. The van der Waals surface area contributed by atoms with Crippen molar-refractivity contribution in [2.75, 3.05) is 19.6 Å². The van der Waals surface area contributed by atoms with Gasteiger partial charge in [0, 0.05) is 32.7 Å². The molecule has 1 radical (unpaired) electrons. The van der Waals surface area contributed by atoms with Crippen LogP contribution in [0.15, 0.2) is 24.3 Å². The molecule has 1 aromatic carbocycles. The molecular weight excluding hydrogens is 172 g/mol. The number of aryl methyl sites for hydroxylation is 1. The molecule has 1 heterocycles. The highest BCUT2D eigenvalue weighted by molar-refractivity contribution is 5.21. The minimum atomic E-state index is 1.05. The molecule has 1 saturated heterocycles. The summed E-state index contributed by atoms with van der Waals surface area (Å²) < 4.78 is 0. The van der Waals surface area contributed by atoms with Crippen molar-refractivity contribution in [1.29, 1.82) is 0 Å². The number of hydrogen-bond donors (Lipinski definition) is 1. The Kier molecular flexibility index (Phi) is 3.17. The number of rotatable bonds is 2. The molecule has 1 fully saturated rings. The Hall–Kier alpha value is -0.860. The monoisotopic (exact) mass is 189 g/mol. The van der Waals surface area contributed by atoms with Gasteiger partial charge < -0.3 is 5.32 Å². The molecule has 0 aromatic heterocycles. The first-order valence-electron chi connectivity index (χ1n) is 5.17. The molecule has 1 aliphatic rings. The lowest BCUT2D eigenvalue weighted by molar-refractivity contribution is 0.255. The van der Waals surface area contributed by atoms with Crippen LogP contribution < -0.4 is 5.32 Å². The van der Waals surface area contributed by atoms with Crippen molar-refractivity contribution in [3.8, 4) is 0 Å². The van der Waals surface area contributed by atoms with Crippen LogP contribution in [0.5, 0.6) is 0 Å². The van der Waals surface area contributed by atoms with Crippen LogP contribution >= 0.6 is 0 Å². The SMILES string of the molecule is Cc1ccc(CN2C[CH]NCC2)cc1. The molecule has 0 aliphatic carbocycles. The molecule has 1 N–H and O–H groups in total. The van der Waals surface area contributed by atoms with Gasteiger partial charge in [-0.05, 0) is 12.5 Å². The Morgan fingerprint density at radius 1 is 1.29 bits per heavy atom. The zero-order valence-electron chi connectivity index (χ0n) is 8.66. The van der Waals surface area contributed by atoms with Crippen LogP contribution in [-0.2, 0) is 6.54 Å². The summed E-state index contributed by atoms with van der Waals surface area (Å²) in [6, 6.07) is 8.80. The van der Waals surface area contributed by atoms with Gasteiger partial charge in [-0.15, -0.1) is 0 Å². The second-order valence-electron chi connectivity index (χ2n) is 3.88. The Bertz CT molecular complexity index is 273. The quantitative estimate of drug-likeness (QED) is 0.759. The molecule has 2 heteroatoms. The molecule has 0 saturated carbocycles. The number of nitrogens with one attached hydrogen (secondary N) is 1. The standard InChI is InChI=1S/C12H17N2/c1-11-2-4-12(5-3-11)10-14-8-6-13-7-9-14/h2-6,13H,7-10H2,1H3. The zero-order chi connectivity index (χ0) is 9.80. The zero-order valence-corrected chi connectivity index (χ0v) is 8.66. The molecule has 0 bridgehead atoms. The first-order valence-corrected chi connectivity index (χ1v) is 5.17. The van der Waals surface area contributed by atoms with Gasteiger partial charge >= 0.3 is 0 Å². The minimum absolute atomic E-state index is 1.05. The van der Waals surface area contributed by atoms with Gasteiger partial charge in [-0.2, -0.15) is 0 Å². The highest BCUT2D eigenvalue weighted by Gasteiger charge is 2.09. The third-order valence-corrected chi connectivity index (χ3v) is 2.59. The lowest BCUT2D eigenvalue weighted by atomic mass is 10.1. The van der Waals surface area contributed by atoms with E-state index in [1.807, 2.05) is 0 Å². The number of hydrogen-bond acceptors (Lipinski definition) is 2. The van der Waals surface area contributed by atoms with Crippen LogP contribution in [0, 0.1) is 13.5 Å². The molecule has 0 amide bonds. The number of nitrogens with zero attached hydrogens (tertiary/aromatic N) is 1. The van der Waals surface area contributed by atoms with E-state index in [1.165, 1.54) is 11.1 Å². The van der Waals surface area contributed by atoms with Crippen molar-refractivity contribution in [2.24, 2.45) is 0 Å². The molecule has 1 aliphatic heterocycles. The van der Waals surface area contributed by atoms with Gasteiger partial charge in [-0.3, -0.25) is 4.90 Å². The van der Waals surface area contributed by atoms with Crippen molar-refractivity contribution in [1.82, 2.24) is 10.2 Å². The van der Waals surface area contributed by atoms with Crippen molar-refractivity contribution in [2.45, 2.75) is 13.5 Å². The number of benzene rings is 1. The summed E-state index contributed by atoms with van der Waals surface area (Å²) in [4.78, 5) is 2.45. The molecule has 75 valence electrons. The molecular formula is C12H17N2. The summed E-state index contributed by atoms with van der Waals surface area (Å²) in [5.74, 6) is 0. The summed E-state index contributed by atoms with van der Waals surface area (Å²) in [5.41, 5.74) is 2.74. The lowest BCUT2D eigenvalue weighted by Crippen LogP contribution is -2.39. The van der Waals surface area contributed by atoms with Crippen LogP contribution in [0.25, 0.3) is 0 Å². The Labute approximate surface area is 85.9 Å². The van der Waals surface area contributed by atoms with E-state index in [4.69, 9.17) is 0 Å². The maximum Gasteiger partial charge on any atom is 0.0362 e. The molecule has 0 unspecified atom stereocenters. The molecule has 0 atom stereocenters.